The van der Waals surface area contributed by atoms with Gasteiger partial charge in [0.05, 0.1) is 51.5 Å². The fourth-order valence-electron chi connectivity index (χ4n) is 10.3. The van der Waals surface area contributed by atoms with Crippen molar-refractivity contribution < 1.29 is 0 Å². The summed E-state index contributed by atoms with van der Waals surface area (Å²) in [4.78, 5) is 20.0. The molecule has 1 aliphatic rings. The Balaban J connectivity index is 0.986. The molecule has 0 spiro atoms. The maximum Gasteiger partial charge on any atom is 0.198 e. The lowest BCUT2D eigenvalue weighted by Gasteiger charge is -2.21. The predicted octanol–water partition coefficient (Wildman–Crippen LogP) is 14.4. The van der Waals surface area contributed by atoms with Crippen molar-refractivity contribution in [1.29, 1.82) is 0 Å². The molecule has 8 aromatic carbocycles. The van der Waals surface area contributed by atoms with Gasteiger partial charge in [-0.3, -0.25) is 0 Å². The van der Waals surface area contributed by atoms with Crippen LogP contribution >= 0.6 is 0 Å². The van der Waals surface area contributed by atoms with Gasteiger partial charge in [0.1, 0.15) is 0 Å². The number of para-hydroxylation sites is 2. The molecule has 0 bridgehead atoms. The lowest BCUT2D eigenvalue weighted by Crippen LogP contribution is -2.15. The Kier molecular flexibility index (Phi) is 8.15. The van der Waals surface area contributed by atoms with Gasteiger partial charge < -0.3 is 9.13 Å². The van der Waals surface area contributed by atoms with Gasteiger partial charge in [-0.15, -0.1) is 0 Å². The largest absolute Gasteiger partial charge is 0.309 e. The summed E-state index contributed by atoms with van der Waals surface area (Å²) >= 11 is 0. The number of fused-ring (bicyclic) bond motifs is 9. The number of rotatable bonds is 6. The number of nitrogens with zero attached hydrogens (tertiary/aromatic N) is 6. The molecule has 6 heteroatoms. The van der Waals surface area contributed by atoms with Crippen LogP contribution in [0.5, 0.6) is 0 Å². The standard InChI is InChI=1S/C59H40N6/c1-59(2)49-24-14-12-22-43(49)45-32-48-47-31-40(39-26-28-54-46(30-39)44-23-13-15-25-53(44)64(54)41-20-10-5-11-21-41)27-29-55(47)65(56(48)33-50(45)59)42-35-60-57(61-36-42)58-62-51(37-16-6-3-7-17-37)34-52(63-58)38-18-8-4-9-19-38/h3-36H,1-2H3. The van der Waals surface area contributed by atoms with E-state index < -0.39 is 0 Å². The Labute approximate surface area is 375 Å². The first-order chi connectivity index (χ1) is 32.0. The molecule has 4 aromatic heterocycles. The van der Waals surface area contributed by atoms with Crippen LogP contribution in [0.2, 0.25) is 0 Å². The molecular formula is C59H40N6. The van der Waals surface area contributed by atoms with Crippen molar-refractivity contribution in [3.05, 3.63) is 218 Å². The molecule has 0 saturated carbocycles. The second-order valence-electron chi connectivity index (χ2n) is 17.5. The third kappa shape index (κ3) is 5.80. The van der Waals surface area contributed by atoms with Gasteiger partial charge in [-0.25, -0.2) is 19.9 Å². The van der Waals surface area contributed by atoms with Crippen molar-refractivity contribution in [3.8, 4) is 67.8 Å². The molecule has 0 atom stereocenters. The van der Waals surface area contributed by atoms with Gasteiger partial charge in [-0.1, -0.05) is 147 Å². The van der Waals surface area contributed by atoms with Gasteiger partial charge in [0.25, 0.3) is 0 Å². The van der Waals surface area contributed by atoms with E-state index in [9.17, 15) is 0 Å². The minimum atomic E-state index is -0.168. The monoisotopic (exact) mass is 832 g/mol. The predicted molar refractivity (Wildman–Crippen MR) is 266 cm³/mol. The molecule has 306 valence electrons. The van der Waals surface area contributed by atoms with E-state index in [1.54, 1.807) is 0 Å². The molecule has 0 aliphatic heterocycles. The Hall–Kier alpha value is -8.48. The smallest absolute Gasteiger partial charge is 0.198 e. The summed E-state index contributed by atoms with van der Waals surface area (Å²) in [7, 11) is 0. The summed E-state index contributed by atoms with van der Waals surface area (Å²) in [6, 6.07) is 69.3. The third-order valence-electron chi connectivity index (χ3n) is 13.5. The van der Waals surface area contributed by atoms with Gasteiger partial charge in [0.15, 0.2) is 11.6 Å². The van der Waals surface area contributed by atoms with Crippen LogP contribution in [0.1, 0.15) is 25.0 Å². The minimum absolute atomic E-state index is 0.168. The van der Waals surface area contributed by atoms with Crippen molar-refractivity contribution in [1.82, 2.24) is 29.1 Å². The number of benzene rings is 8. The van der Waals surface area contributed by atoms with Crippen molar-refractivity contribution in [2.24, 2.45) is 0 Å². The number of hydrogen-bond donors (Lipinski definition) is 0. The molecule has 6 nitrogen and oxygen atoms in total. The first-order valence-electron chi connectivity index (χ1n) is 22.1. The molecule has 0 fully saturated rings. The molecule has 12 aromatic rings. The molecule has 0 radical (unpaired) electrons. The fraction of sp³-hybridized carbons (Fsp3) is 0.0508. The highest BCUT2D eigenvalue weighted by Gasteiger charge is 2.36. The Bertz CT molecular complexity index is 3770. The second-order valence-corrected chi connectivity index (χ2v) is 17.5. The van der Waals surface area contributed by atoms with E-state index in [1.807, 2.05) is 54.9 Å². The molecule has 0 N–H and O–H groups in total. The van der Waals surface area contributed by atoms with E-state index in [2.05, 4.69) is 175 Å². The topological polar surface area (TPSA) is 61.4 Å². The van der Waals surface area contributed by atoms with E-state index in [0.29, 0.717) is 11.6 Å². The van der Waals surface area contributed by atoms with Crippen molar-refractivity contribution in [2.45, 2.75) is 19.3 Å². The average Bonchev–Trinajstić information content (AvgIpc) is 3.96. The highest BCUT2D eigenvalue weighted by molar-refractivity contribution is 6.14. The maximum atomic E-state index is 5.01. The zero-order valence-electron chi connectivity index (χ0n) is 35.8. The Morgan fingerprint density at radius 2 is 0.877 bits per heavy atom. The number of aromatic nitrogens is 6. The van der Waals surface area contributed by atoms with Crippen LogP contribution in [-0.2, 0) is 5.41 Å². The van der Waals surface area contributed by atoms with Gasteiger partial charge in [0, 0.05) is 43.8 Å². The lowest BCUT2D eigenvalue weighted by atomic mass is 9.82. The molecule has 13 rings (SSSR count). The van der Waals surface area contributed by atoms with Crippen LogP contribution in [0, 0.1) is 0 Å². The van der Waals surface area contributed by atoms with Crippen LogP contribution in [-0.4, -0.2) is 29.1 Å². The lowest BCUT2D eigenvalue weighted by molar-refractivity contribution is 0.661. The molecule has 4 heterocycles. The zero-order valence-corrected chi connectivity index (χ0v) is 35.8. The molecular weight excluding hydrogens is 793 g/mol. The van der Waals surface area contributed by atoms with Crippen LogP contribution in [0.4, 0.5) is 0 Å². The van der Waals surface area contributed by atoms with Gasteiger partial charge in [-0.05, 0) is 94.0 Å². The summed E-state index contributed by atoms with van der Waals surface area (Å²) < 4.78 is 4.69. The highest BCUT2D eigenvalue weighted by Crippen LogP contribution is 2.51. The average molecular weight is 833 g/mol. The minimum Gasteiger partial charge on any atom is -0.309 e. The quantitative estimate of drug-likeness (QED) is 0.167. The second kappa shape index (κ2) is 14.3. The van der Waals surface area contributed by atoms with Gasteiger partial charge in [-0.2, -0.15) is 0 Å². The summed E-state index contributed by atoms with van der Waals surface area (Å²) in [6.45, 7) is 4.68. The SMILES string of the molecule is CC1(C)c2ccccc2-c2cc3c4cc(-c5ccc6c(c5)c5ccccc5n6-c5ccccc5)ccc4n(-c4cnc(-c5nc(-c6ccccc6)cc(-c6ccccc6)n5)nc4)c3cc21. The van der Waals surface area contributed by atoms with Crippen LogP contribution in [0.3, 0.4) is 0 Å². The molecule has 1 aliphatic carbocycles. The van der Waals surface area contributed by atoms with Crippen LogP contribution in [0.25, 0.3) is 111 Å². The van der Waals surface area contributed by atoms with Gasteiger partial charge >= 0.3 is 0 Å². The van der Waals surface area contributed by atoms with E-state index in [-0.39, 0.29) is 5.41 Å². The van der Waals surface area contributed by atoms with Gasteiger partial charge in [0.2, 0.25) is 0 Å². The van der Waals surface area contributed by atoms with E-state index in [0.717, 1.165) is 50.5 Å². The van der Waals surface area contributed by atoms with Crippen molar-refractivity contribution >= 4 is 43.6 Å². The van der Waals surface area contributed by atoms with Crippen LogP contribution in [0.15, 0.2) is 207 Å². The van der Waals surface area contributed by atoms with Crippen molar-refractivity contribution in [2.75, 3.05) is 0 Å². The molecule has 0 unspecified atom stereocenters. The Morgan fingerprint density at radius 1 is 0.354 bits per heavy atom. The molecule has 0 saturated heterocycles. The molecule has 0 amide bonds. The Morgan fingerprint density at radius 3 is 1.54 bits per heavy atom. The maximum absolute atomic E-state index is 5.01. The van der Waals surface area contributed by atoms with Crippen molar-refractivity contribution in [3.63, 3.8) is 0 Å². The highest BCUT2D eigenvalue weighted by atomic mass is 15.0. The normalized spacial score (nSPS) is 12.9. The molecule has 65 heavy (non-hydrogen) atoms. The first kappa shape index (κ1) is 37.1. The third-order valence-corrected chi connectivity index (χ3v) is 13.5. The number of hydrogen-bond acceptors (Lipinski definition) is 4. The first-order valence-corrected chi connectivity index (χ1v) is 22.1. The zero-order chi connectivity index (χ0) is 43.2. The summed E-state index contributed by atoms with van der Waals surface area (Å²) in [5, 5.41) is 4.82. The van der Waals surface area contributed by atoms with E-state index >= 15 is 0 Å². The summed E-state index contributed by atoms with van der Waals surface area (Å²) in [5.41, 5.74) is 17.7. The van der Waals surface area contributed by atoms with E-state index in [4.69, 9.17) is 19.9 Å². The van der Waals surface area contributed by atoms with E-state index in [1.165, 1.54) is 60.4 Å². The summed E-state index contributed by atoms with van der Waals surface area (Å²) in [5.74, 6) is 0.943. The van der Waals surface area contributed by atoms with Crippen LogP contribution < -0.4 is 0 Å². The summed E-state index contributed by atoms with van der Waals surface area (Å²) in [6.07, 6.45) is 3.83. The fourth-order valence-corrected chi connectivity index (χ4v) is 10.3.